The maximum atomic E-state index is 3.28. The van der Waals surface area contributed by atoms with E-state index in [9.17, 15) is 0 Å². The lowest BCUT2D eigenvalue weighted by Gasteiger charge is -2.25. The van der Waals surface area contributed by atoms with Crippen molar-refractivity contribution in [3.8, 4) is 0 Å². The van der Waals surface area contributed by atoms with E-state index >= 15 is 0 Å². The van der Waals surface area contributed by atoms with Crippen LogP contribution in [0.5, 0.6) is 0 Å². The molecule has 0 fully saturated rings. The highest BCUT2D eigenvalue weighted by Crippen LogP contribution is 2.23. The summed E-state index contributed by atoms with van der Waals surface area (Å²) in [6.07, 6.45) is 5.06. The summed E-state index contributed by atoms with van der Waals surface area (Å²) in [6, 6.07) is 6.74. The Hall–Kier alpha value is -1.18. The number of benzene rings is 1. The first kappa shape index (κ1) is 14.9. The van der Waals surface area contributed by atoms with Crippen molar-refractivity contribution < 1.29 is 0 Å². The van der Waals surface area contributed by atoms with Gasteiger partial charge in [0, 0.05) is 31.5 Å². The molecule has 0 saturated heterocycles. The Kier molecular flexibility index (Phi) is 6.63. The Bertz CT molecular complexity index is 339. The van der Waals surface area contributed by atoms with Crippen LogP contribution in [0.1, 0.15) is 45.1 Å². The van der Waals surface area contributed by atoms with Crippen LogP contribution in [0.4, 0.5) is 11.4 Å². The number of nitrogens with zero attached hydrogens (tertiary/aromatic N) is 1. The monoisotopic (exact) mass is 248 g/mol. The Morgan fingerprint density at radius 3 is 2.17 bits per heavy atom. The molecular formula is C16H28N2. The zero-order valence-electron chi connectivity index (χ0n) is 12.4. The molecule has 0 spiro atoms. The molecule has 2 heteroatoms. The van der Waals surface area contributed by atoms with Crippen molar-refractivity contribution in [2.75, 3.05) is 30.4 Å². The van der Waals surface area contributed by atoms with Crippen molar-refractivity contribution in [1.29, 1.82) is 0 Å². The van der Waals surface area contributed by atoms with Gasteiger partial charge in [-0.1, -0.05) is 32.8 Å². The third kappa shape index (κ3) is 4.25. The summed E-state index contributed by atoms with van der Waals surface area (Å²) >= 11 is 0. The Morgan fingerprint density at radius 2 is 1.67 bits per heavy atom. The van der Waals surface area contributed by atoms with Crippen molar-refractivity contribution in [2.24, 2.45) is 0 Å². The first-order valence-electron chi connectivity index (χ1n) is 7.26. The summed E-state index contributed by atoms with van der Waals surface area (Å²) < 4.78 is 0. The van der Waals surface area contributed by atoms with Gasteiger partial charge >= 0.3 is 0 Å². The molecule has 1 N–H and O–H groups in total. The molecule has 1 rings (SSSR count). The van der Waals surface area contributed by atoms with E-state index < -0.39 is 0 Å². The van der Waals surface area contributed by atoms with E-state index in [1.165, 1.54) is 55.7 Å². The molecule has 0 saturated carbocycles. The second-order valence-corrected chi connectivity index (χ2v) is 4.94. The van der Waals surface area contributed by atoms with E-state index in [1.807, 2.05) is 7.05 Å². The molecule has 102 valence electrons. The van der Waals surface area contributed by atoms with Crippen LogP contribution in [0, 0.1) is 6.92 Å². The average molecular weight is 248 g/mol. The number of hydrogen-bond donors (Lipinski definition) is 1. The molecule has 0 unspecified atom stereocenters. The van der Waals surface area contributed by atoms with E-state index in [1.54, 1.807) is 0 Å². The molecule has 0 aromatic heterocycles. The molecular weight excluding hydrogens is 220 g/mol. The number of aryl methyl sites for hydroxylation is 1. The Morgan fingerprint density at radius 1 is 1.06 bits per heavy atom. The first-order chi connectivity index (χ1) is 8.72. The predicted octanol–water partition coefficient (Wildman–Crippen LogP) is 4.44. The van der Waals surface area contributed by atoms with Gasteiger partial charge in [-0.05, 0) is 37.5 Å². The van der Waals surface area contributed by atoms with E-state index in [4.69, 9.17) is 0 Å². The minimum atomic E-state index is 1.17. The third-order valence-corrected chi connectivity index (χ3v) is 3.42. The largest absolute Gasteiger partial charge is 0.388 e. The topological polar surface area (TPSA) is 15.3 Å². The van der Waals surface area contributed by atoms with E-state index in [0.717, 1.165) is 0 Å². The summed E-state index contributed by atoms with van der Waals surface area (Å²) in [5, 5.41) is 3.28. The normalized spacial score (nSPS) is 10.4. The van der Waals surface area contributed by atoms with E-state index in [2.05, 4.69) is 49.2 Å². The molecule has 2 nitrogen and oxygen atoms in total. The summed E-state index contributed by atoms with van der Waals surface area (Å²) in [4.78, 5) is 2.52. The van der Waals surface area contributed by atoms with Crippen molar-refractivity contribution in [1.82, 2.24) is 0 Å². The fourth-order valence-electron chi connectivity index (χ4n) is 2.14. The number of anilines is 2. The fourth-order valence-corrected chi connectivity index (χ4v) is 2.14. The predicted molar refractivity (Wildman–Crippen MR) is 82.8 cm³/mol. The minimum absolute atomic E-state index is 1.17. The average Bonchev–Trinajstić information content (AvgIpc) is 2.40. The molecule has 1 aromatic carbocycles. The Balaban J connectivity index is 2.82. The molecule has 0 radical (unpaired) electrons. The van der Waals surface area contributed by atoms with Crippen LogP contribution in [0.2, 0.25) is 0 Å². The lowest BCUT2D eigenvalue weighted by molar-refractivity contribution is 0.678. The highest BCUT2D eigenvalue weighted by Gasteiger charge is 2.07. The van der Waals surface area contributed by atoms with Crippen LogP contribution in [0.3, 0.4) is 0 Å². The number of unbranched alkanes of at least 4 members (excludes halogenated alkanes) is 2. The first-order valence-corrected chi connectivity index (χ1v) is 7.26. The summed E-state index contributed by atoms with van der Waals surface area (Å²) in [6.45, 7) is 9.00. The fraction of sp³-hybridized carbons (Fsp3) is 0.625. The molecule has 1 aromatic rings. The van der Waals surface area contributed by atoms with Crippen LogP contribution in [-0.2, 0) is 0 Å². The summed E-state index contributed by atoms with van der Waals surface area (Å²) in [7, 11) is 1.99. The van der Waals surface area contributed by atoms with Crippen LogP contribution in [0.25, 0.3) is 0 Å². The van der Waals surface area contributed by atoms with Gasteiger partial charge in [0.15, 0.2) is 0 Å². The summed E-state index contributed by atoms with van der Waals surface area (Å²) in [5.74, 6) is 0. The van der Waals surface area contributed by atoms with Crippen molar-refractivity contribution in [2.45, 2.75) is 46.5 Å². The highest BCUT2D eigenvalue weighted by atomic mass is 15.1. The highest BCUT2D eigenvalue weighted by molar-refractivity contribution is 5.61. The molecule has 18 heavy (non-hydrogen) atoms. The molecule has 0 bridgehead atoms. The van der Waals surface area contributed by atoms with Crippen molar-refractivity contribution in [3.63, 3.8) is 0 Å². The van der Waals surface area contributed by atoms with E-state index in [0.29, 0.717) is 0 Å². The zero-order valence-corrected chi connectivity index (χ0v) is 12.4. The molecule has 0 heterocycles. The summed E-state index contributed by atoms with van der Waals surface area (Å²) in [5.41, 5.74) is 3.91. The number of rotatable bonds is 8. The van der Waals surface area contributed by atoms with E-state index in [-0.39, 0.29) is 0 Å². The standard InChI is InChI=1S/C16H28N2/c1-5-7-11-18(12-8-6-2)15-10-9-14(3)16(13-15)17-4/h9-10,13,17H,5-8,11-12H2,1-4H3. The maximum absolute atomic E-state index is 3.28. The van der Waals surface area contributed by atoms with Gasteiger partial charge in [0.05, 0.1) is 0 Å². The second-order valence-electron chi connectivity index (χ2n) is 4.94. The van der Waals surface area contributed by atoms with Gasteiger partial charge < -0.3 is 10.2 Å². The van der Waals surface area contributed by atoms with Gasteiger partial charge in [0.2, 0.25) is 0 Å². The van der Waals surface area contributed by atoms with Crippen LogP contribution >= 0.6 is 0 Å². The van der Waals surface area contributed by atoms with Gasteiger partial charge in [-0.2, -0.15) is 0 Å². The number of hydrogen-bond acceptors (Lipinski definition) is 2. The molecule has 0 amide bonds. The second kappa shape index (κ2) is 8.02. The molecule has 0 aliphatic heterocycles. The van der Waals surface area contributed by atoms with Crippen LogP contribution in [-0.4, -0.2) is 20.1 Å². The SMILES string of the molecule is CCCCN(CCCC)c1ccc(C)c(NC)c1. The quantitative estimate of drug-likeness (QED) is 0.731. The van der Waals surface area contributed by atoms with Gasteiger partial charge in [0.25, 0.3) is 0 Å². The lowest BCUT2D eigenvalue weighted by Crippen LogP contribution is -2.25. The smallest absolute Gasteiger partial charge is 0.0388 e. The van der Waals surface area contributed by atoms with Gasteiger partial charge in [-0.15, -0.1) is 0 Å². The molecule has 0 atom stereocenters. The third-order valence-electron chi connectivity index (χ3n) is 3.42. The molecule has 0 aliphatic carbocycles. The number of nitrogens with one attached hydrogen (secondary N) is 1. The van der Waals surface area contributed by atoms with Crippen LogP contribution < -0.4 is 10.2 Å². The lowest BCUT2D eigenvalue weighted by atomic mass is 10.1. The maximum Gasteiger partial charge on any atom is 0.0388 e. The van der Waals surface area contributed by atoms with Crippen molar-refractivity contribution >= 4 is 11.4 Å². The zero-order chi connectivity index (χ0) is 13.4. The van der Waals surface area contributed by atoms with Gasteiger partial charge in [-0.25, -0.2) is 0 Å². The molecule has 0 aliphatic rings. The van der Waals surface area contributed by atoms with Crippen LogP contribution in [0.15, 0.2) is 18.2 Å². The van der Waals surface area contributed by atoms with Gasteiger partial charge in [-0.3, -0.25) is 0 Å². The van der Waals surface area contributed by atoms with Gasteiger partial charge in [0.1, 0.15) is 0 Å². The Labute approximate surface area is 112 Å². The van der Waals surface area contributed by atoms with Crippen molar-refractivity contribution in [3.05, 3.63) is 23.8 Å². The minimum Gasteiger partial charge on any atom is -0.388 e.